The first kappa shape index (κ1) is 17.3. The highest BCUT2D eigenvalue weighted by molar-refractivity contribution is 5.74. The number of urea groups is 1. The number of likely N-dealkylation sites (tertiary alicyclic amines) is 1. The molecule has 132 valence electrons. The molecule has 1 aliphatic carbocycles. The van der Waals surface area contributed by atoms with Gasteiger partial charge in [-0.3, -0.25) is 0 Å². The number of aliphatic hydroxyl groups is 1. The van der Waals surface area contributed by atoms with E-state index in [9.17, 15) is 9.90 Å². The Morgan fingerprint density at radius 1 is 1.25 bits per heavy atom. The second-order valence-electron chi connectivity index (χ2n) is 7.53. The van der Waals surface area contributed by atoms with Crippen LogP contribution < -0.4 is 5.32 Å². The van der Waals surface area contributed by atoms with Gasteiger partial charge in [0.25, 0.3) is 0 Å². The number of aliphatic hydroxyl groups excluding tert-OH is 1. The maximum atomic E-state index is 12.8. The van der Waals surface area contributed by atoms with E-state index >= 15 is 0 Å². The highest BCUT2D eigenvalue weighted by Gasteiger charge is 2.29. The van der Waals surface area contributed by atoms with E-state index in [-0.39, 0.29) is 24.1 Å². The van der Waals surface area contributed by atoms with Crippen molar-refractivity contribution in [1.29, 1.82) is 0 Å². The van der Waals surface area contributed by atoms with Gasteiger partial charge >= 0.3 is 6.03 Å². The van der Waals surface area contributed by atoms with Gasteiger partial charge in [0.15, 0.2) is 0 Å². The van der Waals surface area contributed by atoms with Crippen LogP contribution in [0.15, 0.2) is 30.3 Å². The molecule has 2 amide bonds. The fourth-order valence-electron chi connectivity index (χ4n) is 3.85. The summed E-state index contributed by atoms with van der Waals surface area (Å²) in [5.74, 6) is 0.938. The van der Waals surface area contributed by atoms with Crippen molar-refractivity contribution >= 4 is 6.03 Å². The maximum absolute atomic E-state index is 12.8. The van der Waals surface area contributed by atoms with Gasteiger partial charge < -0.3 is 15.3 Å². The molecule has 1 aliphatic heterocycles. The summed E-state index contributed by atoms with van der Waals surface area (Å²) in [5.41, 5.74) is 1.20. The molecule has 3 atom stereocenters. The van der Waals surface area contributed by atoms with Gasteiger partial charge in [-0.05, 0) is 37.7 Å². The van der Waals surface area contributed by atoms with Crippen LogP contribution in [0, 0.1) is 11.8 Å². The Labute approximate surface area is 145 Å². The van der Waals surface area contributed by atoms with Crippen molar-refractivity contribution in [3.05, 3.63) is 35.9 Å². The zero-order valence-electron chi connectivity index (χ0n) is 14.7. The van der Waals surface area contributed by atoms with E-state index in [0.29, 0.717) is 6.54 Å². The molecule has 24 heavy (non-hydrogen) atoms. The van der Waals surface area contributed by atoms with Crippen LogP contribution >= 0.6 is 0 Å². The van der Waals surface area contributed by atoms with Crippen molar-refractivity contribution in [2.75, 3.05) is 13.1 Å². The first-order valence-electron chi connectivity index (χ1n) is 9.42. The summed E-state index contributed by atoms with van der Waals surface area (Å²) in [6, 6.07) is 10.4. The number of benzene rings is 1. The van der Waals surface area contributed by atoms with Gasteiger partial charge in [0.05, 0.1) is 12.1 Å². The Hall–Kier alpha value is -1.55. The number of nitrogens with one attached hydrogen (secondary N) is 1. The molecule has 0 radical (unpaired) electrons. The monoisotopic (exact) mass is 330 g/mol. The van der Waals surface area contributed by atoms with Crippen molar-refractivity contribution in [3.63, 3.8) is 0 Å². The van der Waals surface area contributed by atoms with Crippen LogP contribution in [0.25, 0.3) is 0 Å². The highest BCUT2D eigenvalue weighted by Crippen LogP contribution is 2.35. The summed E-state index contributed by atoms with van der Waals surface area (Å²) in [6.07, 6.45) is 6.56. The van der Waals surface area contributed by atoms with E-state index in [1.807, 2.05) is 30.0 Å². The smallest absolute Gasteiger partial charge is 0.317 e. The molecule has 4 heteroatoms. The topological polar surface area (TPSA) is 52.6 Å². The SMILES string of the molecule is CC(O)C1CCCN(C(=O)NC(CC2CCC2)c2ccccc2)C1. The first-order chi connectivity index (χ1) is 11.6. The largest absolute Gasteiger partial charge is 0.393 e. The zero-order chi connectivity index (χ0) is 16.9. The fourth-order valence-corrected chi connectivity index (χ4v) is 3.85. The average Bonchev–Trinajstić information content (AvgIpc) is 2.57. The third kappa shape index (κ3) is 4.29. The lowest BCUT2D eigenvalue weighted by Gasteiger charge is -2.36. The minimum Gasteiger partial charge on any atom is -0.393 e. The number of carbonyl (C=O) groups is 1. The Morgan fingerprint density at radius 2 is 2.00 bits per heavy atom. The minimum atomic E-state index is -0.347. The predicted octanol–water partition coefficient (Wildman–Crippen LogP) is 3.72. The van der Waals surface area contributed by atoms with Crippen molar-refractivity contribution in [3.8, 4) is 0 Å². The molecule has 1 aromatic carbocycles. The fraction of sp³-hybridized carbons (Fsp3) is 0.650. The quantitative estimate of drug-likeness (QED) is 0.864. The Bertz CT molecular complexity index is 528. The van der Waals surface area contributed by atoms with Crippen LogP contribution in [0.5, 0.6) is 0 Å². The molecule has 1 saturated carbocycles. The molecule has 0 bridgehead atoms. The Kier molecular flexibility index (Phi) is 5.77. The number of piperidine rings is 1. The molecular formula is C20H30N2O2. The number of carbonyl (C=O) groups excluding carboxylic acids is 1. The molecule has 2 N–H and O–H groups in total. The lowest BCUT2D eigenvalue weighted by atomic mass is 9.79. The lowest BCUT2D eigenvalue weighted by molar-refractivity contribution is 0.0729. The van der Waals surface area contributed by atoms with Crippen LogP contribution in [0.4, 0.5) is 4.79 Å². The van der Waals surface area contributed by atoms with E-state index in [4.69, 9.17) is 0 Å². The van der Waals surface area contributed by atoms with Crippen molar-refractivity contribution in [1.82, 2.24) is 10.2 Å². The van der Waals surface area contributed by atoms with E-state index in [2.05, 4.69) is 17.4 Å². The summed E-state index contributed by atoms with van der Waals surface area (Å²) in [6.45, 7) is 3.28. The van der Waals surface area contributed by atoms with Crippen molar-refractivity contribution in [2.24, 2.45) is 11.8 Å². The van der Waals surface area contributed by atoms with Crippen LogP contribution in [0.3, 0.4) is 0 Å². The minimum absolute atomic E-state index is 0.0218. The first-order valence-corrected chi connectivity index (χ1v) is 9.42. The number of rotatable bonds is 5. The van der Waals surface area contributed by atoms with E-state index in [0.717, 1.165) is 31.7 Å². The summed E-state index contributed by atoms with van der Waals surface area (Å²) in [7, 11) is 0. The van der Waals surface area contributed by atoms with E-state index in [1.54, 1.807) is 0 Å². The lowest BCUT2D eigenvalue weighted by Crippen LogP contribution is -2.48. The van der Waals surface area contributed by atoms with Gasteiger partial charge in [-0.1, -0.05) is 49.6 Å². The molecule has 1 aromatic rings. The van der Waals surface area contributed by atoms with Gasteiger partial charge in [0.2, 0.25) is 0 Å². The van der Waals surface area contributed by atoms with Crippen molar-refractivity contribution < 1.29 is 9.90 Å². The standard InChI is InChI=1S/C20H30N2O2/c1-15(23)18-11-6-12-22(14-18)20(24)21-19(13-16-7-5-8-16)17-9-3-2-4-10-17/h2-4,9-10,15-16,18-19,23H,5-8,11-14H2,1H3,(H,21,24). The normalized spacial score (nSPS) is 24.1. The van der Waals surface area contributed by atoms with Crippen LogP contribution in [-0.4, -0.2) is 35.2 Å². The van der Waals surface area contributed by atoms with E-state index < -0.39 is 0 Å². The van der Waals surface area contributed by atoms with Gasteiger partial charge in [0.1, 0.15) is 0 Å². The van der Waals surface area contributed by atoms with Crippen LogP contribution in [0.1, 0.15) is 57.1 Å². The Morgan fingerprint density at radius 3 is 2.62 bits per heavy atom. The average molecular weight is 330 g/mol. The molecule has 2 aliphatic rings. The third-order valence-corrected chi connectivity index (χ3v) is 5.72. The molecule has 2 fully saturated rings. The molecule has 0 aromatic heterocycles. The van der Waals surface area contributed by atoms with E-state index in [1.165, 1.54) is 24.8 Å². The molecule has 4 nitrogen and oxygen atoms in total. The molecule has 1 heterocycles. The number of hydrogen-bond acceptors (Lipinski definition) is 2. The highest BCUT2D eigenvalue weighted by atomic mass is 16.3. The van der Waals surface area contributed by atoms with Gasteiger partial charge in [-0.25, -0.2) is 4.79 Å². The maximum Gasteiger partial charge on any atom is 0.317 e. The van der Waals surface area contributed by atoms with Crippen LogP contribution in [-0.2, 0) is 0 Å². The molecular weight excluding hydrogens is 300 g/mol. The molecule has 3 rings (SSSR count). The van der Waals surface area contributed by atoms with Crippen molar-refractivity contribution in [2.45, 2.75) is 57.6 Å². The van der Waals surface area contributed by atoms with Gasteiger partial charge in [-0.15, -0.1) is 0 Å². The molecule has 1 saturated heterocycles. The summed E-state index contributed by atoms with van der Waals surface area (Å²) < 4.78 is 0. The second kappa shape index (κ2) is 8.02. The third-order valence-electron chi connectivity index (χ3n) is 5.72. The molecule has 3 unspecified atom stereocenters. The summed E-state index contributed by atoms with van der Waals surface area (Å²) in [4.78, 5) is 14.7. The van der Waals surface area contributed by atoms with Crippen LogP contribution in [0.2, 0.25) is 0 Å². The summed E-state index contributed by atoms with van der Waals surface area (Å²) in [5, 5.41) is 13.1. The number of nitrogens with zero attached hydrogens (tertiary/aromatic N) is 1. The predicted molar refractivity (Wildman–Crippen MR) is 95.7 cm³/mol. The second-order valence-corrected chi connectivity index (χ2v) is 7.53. The number of amides is 2. The Balaban J connectivity index is 1.64. The summed E-state index contributed by atoms with van der Waals surface area (Å²) >= 11 is 0. The van der Waals surface area contributed by atoms with Gasteiger partial charge in [-0.2, -0.15) is 0 Å². The zero-order valence-corrected chi connectivity index (χ0v) is 14.7. The molecule has 0 spiro atoms. The van der Waals surface area contributed by atoms with Gasteiger partial charge in [0, 0.05) is 19.0 Å². The number of hydrogen-bond donors (Lipinski definition) is 2.